The number of pyridine rings is 2. The van der Waals surface area contributed by atoms with Crippen molar-refractivity contribution in [2.24, 2.45) is 16.6 Å². The van der Waals surface area contributed by atoms with Gasteiger partial charge in [-0.1, -0.05) is 12.1 Å². The second-order valence-corrected chi connectivity index (χ2v) is 27.1. The number of anilines is 8. The van der Waals surface area contributed by atoms with Crippen LogP contribution in [0, 0.1) is 10.8 Å². The summed E-state index contributed by atoms with van der Waals surface area (Å²) >= 11 is 0. The Kier molecular flexibility index (Phi) is 16.2. The van der Waals surface area contributed by atoms with Crippen molar-refractivity contribution in [1.29, 1.82) is 0 Å². The highest BCUT2D eigenvalue weighted by Gasteiger charge is 2.52. The monoisotopic (exact) mass is 1220 g/mol. The molecule has 22 heteroatoms. The third-order valence-corrected chi connectivity index (χ3v) is 21.6. The lowest BCUT2D eigenvalue weighted by molar-refractivity contribution is -0.0753. The Morgan fingerprint density at radius 1 is 0.556 bits per heavy atom. The summed E-state index contributed by atoms with van der Waals surface area (Å²) < 4.78 is 11.7. The van der Waals surface area contributed by atoms with E-state index in [0.717, 1.165) is 173 Å². The summed E-state index contributed by atoms with van der Waals surface area (Å²) in [6.45, 7) is 16.0. The van der Waals surface area contributed by atoms with Gasteiger partial charge in [0.1, 0.15) is 11.4 Å². The largest absolute Gasteiger partial charge is 0.381 e. The Bertz CT molecular complexity index is 3500. The molecule has 9 fully saturated rings. The van der Waals surface area contributed by atoms with Gasteiger partial charge in [-0.15, -0.1) is 0 Å². The Morgan fingerprint density at radius 3 is 1.69 bits per heavy atom. The number of hydrazine groups is 1. The van der Waals surface area contributed by atoms with Gasteiger partial charge in [0.25, 0.3) is 11.8 Å². The van der Waals surface area contributed by atoms with Crippen molar-refractivity contribution in [3.8, 4) is 22.8 Å². The molecule has 472 valence electrons. The van der Waals surface area contributed by atoms with Gasteiger partial charge in [-0.25, -0.2) is 24.9 Å². The van der Waals surface area contributed by atoms with Crippen molar-refractivity contribution in [2.75, 3.05) is 149 Å². The maximum atomic E-state index is 14.8. The lowest BCUT2D eigenvalue weighted by Crippen LogP contribution is -2.65. The molecule has 0 radical (unpaired) electrons. The number of ether oxygens (including phenoxy) is 2. The van der Waals surface area contributed by atoms with Gasteiger partial charge in [0.15, 0.2) is 34.7 Å². The molecule has 15 rings (SSSR count). The van der Waals surface area contributed by atoms with E-state index < -0.39 is 5.91 Å². The molecular formula is C68H86N18O4. The quantitative estimate of drug-likeness (QED) is 0.0627. The van der Waals surface area contributed by atoms with Crippen LogP contribution >= 0.6 is 0 Å². The highest BCUT2D eigenvalue weighted by atomic mass is 16.5. The number of rotatable bonds is 16. The lowest BCUT2D eigenvalue weighted by Gasteiger charge is -2.55. The molecule has 1 aliphatic carbocycles. The second kappa shape index (κ2) is 24.9. The van der Waals surface area contributed by atoms with Crippen LogP contribution in [-0.4, -0.2) is 204 Å². The van der Waals surface area contributed by atoms with E-state index in [2.05, 4.69) is 104 Å². The zero-order valence-electron chi connectivity index (χ0n) is 52.0. The van der Waals surface area contributed by atoms with Gasteiger partial charge in [-0.05, 0) is 170 Å². The average Bonchev–Trinajstić information content (AvgIpc) is 0.902. The number of carbonyl (C=O) groups is 2. The molecule has 1 saturated carbocycles. The summed E-state index contributed by atoms with van der Waals surface area (Å²) in [4.78, 5) is 72.8. The second-order valence-electron chi connectivity index (χ2n) is 27.1. The minimum Gasteiger partial charge on any atom is -0.381 e. The smallest absolute Gasteiger partial charge is 0.288 e. The molecule has 22 nitrogen and oxygen atoms in total. The molecule has 9 aliphatic rings. The van der Waals surface area contributed by atoms with Crippen LogP contribution in [-0.2, 0) is 9.47 Å². The topological polar surface area (TPSA) is 227 Å². The summed E-state index contributed by atoms with van der Waals surface area (Å²) in [7, 11) is 2.22. The molecule has 90 heavy (non-hydrogen) atoms. The lowest BCUT2D eigenvalue weighted by atomic mass is 9.72. The number of nitrogens with two attached hydrogens (primary N) is 1. The number of benzene rings is 2. The van der Waals surface area contributed by atoms with Gasteiger partial charge < -0.3 is 55.7 Å². The van der Waals surface area contributed by atoms with Gasteiger partial charge in [-0.2, -0.15) is 0 Å². The Labute approximate surface area is 527 Å². The Hall–Kier alpha value is -7.60. The van der Waals surface area contributed by atoms with E-state index in [1.54, 1.807) is 12.4 Å². The first kappa shape index (κ1) is 58.8. The molecule has 8 saturated heterocycles. The minimum absolute atomic E-state index is 0.0585. The molecule has 2 amide bonds. The van der Waals surface area contributed by atoms with Gasteiger partial charge in [0.2, 0.25) is 0 Å². The molecule has 2 aromatic carbocycles. The number of piperidine rings is 3. The van der Waals surface area contributed by atoms with E-state index in [1.165, 1.54) is 18.5 Å². The molecule has 1 unspecified atom stereocenters. The molecular weight excluding hydrogens is 1130 g/mol. The van der Waals surface area contributed by atoms with Crippen LogP contribution in [0.15, 0.2) is 97.3 Å². The highest BCUT2D eigenvalue weighted by Crippen LogP contribution is 2.53. The van der Waals surface area contributed by atoms with Gasteiger partial charge in [-0.3, -0.25) is 29.9 Å². The predicted octanol–water partition coefficient (Wildman–Crippen LogP) is 7.64. The number of primary amides is 1. The Morgan fingerprint density at radius 2 is 1.13 bits per heavy atom. The van der Waals surface area contributed by atoms with Crippen molar-refractivity contribution in [3.63, 3.8) is 0 Å². The standard InChI is InChI=1S/C68H86N18O4/c1-80-37-39-84(40-38-80)52-18-32-82(33-19-52)50-14-10-48(11-15-50)73-63-59(75-56(53-6-2-4-28-70-53)61(77-63)74-55-20-41-90-46-67(55)21-22-67)65(88)79-85-44-66(45-85)23-34-83(35-24-66)51-16-30-81(31-17-51)49-12-8-47(9-13-49)72-62-58(60(69)87)76-57(54-7-3-5-29-71-54)64(78-62)86-36-25-68(86)26-42-89-43-27-68/h2-15,28-29,51-52,55H,16-27,30-46H2,1H3,(H2,69,87)(H,72,78)(H,79,88)(H2,73,74,77). The first-order valence-corrected chi connectivity index (χ1v) is 33.2. The molecule has 3 spiro atoms. The fourth-order valence-corrected chi connectivity index (χ4v) is 15.7. The van der Waals surface area contributed by atoms with E-state index in [4.69, 9.17) is 40.1 Å². The number of aromatic nitrogens is 6. The van der Waals surface area contributed by atoms with Crippen LogP contribution in [0.25, 0.3) is 22.8 Å². The van der Waals surface area contributed by atoms with Crippen molar-refractivity contribution >= 4 is 57.8 Å². The number of hydrogen-bond acceptors (Lipinski definition) is 20. The van der Waals surface area contributed by atoms with Crippen LogP contribution in [0.2, 0.25) is 0 Å². The Balaban J connectivity index is 0.577. The van der Waals surface area contributed by atoms with E-state index in [0.29, 0.717) is 78.0 Å². The van der Waals surface area contributed by atoms with Crippen LogP contribution < -0.4 is 41.8 Å². The predicted molar refractivity (Wildman–Crippen MR) is 350 cm³/mol. The molecule has 12 heterocycles. The summed E-state index contributed by atoms with van der Waals surface area (Å²) in [5.41, 5.74) is 16.2. The van der Waals surface area contributed by atoms with Crippen LogP contribution in [0.1, 0.15) is 98.0 Å². The molecule has 6 aromatic rings. The van der Waals surface area contributed by atoms with Crippen LogP contribution in [0.3, 0.4) is 0 Å². The van der Waals surface area contributed by atoms with Crippen LogP contribution in [0.5, 0.6) is 0 Å². The molecule has 6 N–H and O–H groups in total. The number of likely N-dealkylation sites (tertiary alicyclic amines) is 1. The normalized spacial score (nSPS) is 23.1. The highest BCUT2D eigenvalue weighted by molar-refractivity contribution is 5.99. The van der Waals surface area contributed by atoms with Crippen molar-refractivity contribution < 1.29 is 19.1 Å². The van der Waals surface area contributed by atoms with Crippen molar-refractivity contribution in [1.82, 2.24) is 55.0 Å². The maximum absolute atomic E-state index is 14.8. The zero-order valence-corrected chi connectivity index (χ0v) is 52.0. The summed E-state index contributed by atoms with van der Waals surface area (Å²) in [5.74, 6) is 1.12. The number of carbonyl (C=O) groups excluding carboxylic acids is 2. The fraction of sp³-hybridized carbons (Fsp3) is 0.529. The van der Waals surface area contributed by atoms with E-state index >= 15 is 0 Å². The minimum atomic E-state index is -0.656. The number of hydrogen-bond donors (Lipinski definition) is 5. The van der Waals surface area contributed by atoms with Crippen LogP contribution in [0.4, 0.5) is 46.0 Å². The maximum Gasteiger partial charge on any atom is 0.288 e. The first-order valence-electron chi connectivity index (χ1n) is 33.2. The van der Waals surface area contributed by atoms with E-state index in [9.17, 15) is 9.59 Å². The SMILES string of the molecule is CN1CCN(C2CCN(c3ccc(Nc4nc(NC5CCOCC56CC6)c(-c5ccccn5)nc4C(=O)NN4CC5(CCN(C6CCN(c7ccc(Nc8nc(N9CCC9%10CCOCC%10)c(-c9ccccn9)nc8C(N)=O)cc7)CC6)CC5)C4)cc3)CC2)CC1. The molecule has 0 bridgehead atoms. The average molecular weight is 1220 g/mol. The summed E-state index contributed by atoms with van der Waals surface area (Å²) in [6.07, 6.45) is 16.1. The van der Waals surface area contributed by atoms with E-state index in [-0.39, 0.29) is 39.7 Å². The number of piperazine rings is 1. The third-order valence-electron chi connectivity index (χ3n) is 21.6. The first-order chi connectivity index (χ1) is 44.0. The molecule has 8 aliphatic heterocycles. The van der Waals surface area contributed by atoms with Gasteiger partial charge in [0, 0.05) is 161 Å². The number of likely N-dealkylation sites (N-methyl/N-ethyl adjacent to an activating group) is 1. The number of amides is 2. The van der Waals surface area contributed by atoms with Crippen molar-refractivity contribution in [3.05, 3.63) is 109 Å². The van der Waals surface area contributed by atoms with E-state index in [1.807, 2.05) is 48.5 Å². The number of nitrogens with one attached hydrogen (secondary N) is 4. The summed E-state index contributed by atoms with van der Waals surface area (Å²) in [6, 6.07) is 29.8. The van der Waals surface area contributed by atoms with Gasteiger partial charge in [0.05, 0.1) is 18.0 Å². The number of nitrogens with zero attached hydrogens (tertiary/aromatic N) is 13. The summed E-state index contributed by atoms with van der Waals surface area (Å²) in [5, 5.41) is 12.9. The fourth-order valence-electron chi connectivity index (χ4n) is 15.7. The zero-order chi connectivity index (χ0) is 60.8. The third kappa shape index (κ3) is 12.0. The molecule has 4 aromatic heterocycles. The van der Waals surface area contributed by atoms with Crippen molar-refractivity contribution in [2.45, 2.75) is 101 Å². The molecule has 1 atom stereocenters. The van der Waals surface area contributed by atoms with Gasteiger partial charge >= 0.3 is 0 Å².